The Labute approximate surface area is 111 Å². The van der Waals surface area contributed by atoms with Gasteiger partial charge in [-0.15, -0.1) is 0 Å². The van der Waals surface area contributed by atoms with Gasteiger partial charge in [-0.3, -0.25) is 0 Å². The van der Waals surface area contributed by atoms with Gasteiger partial charge < -0.3 is 9.84 Å². The van der Waals surface area contributed by atoms with E-state index in [2.05, 4.69) is 27.7 Å². The summed E-state index contributed by atoms with van der Waals surface area (Å²) in [5.74, 6) is 1.34. The number of fused-ring (bicyclic) bond motifs is 3. The average Bonchev–Trinajstić information content (AvgIpc) is 2.53. The van der Waals surface area contributed by atoms with Crippen molar-refractivity contribution in [2.24, 2.45) is 22.7 Å². The van der Waals surface area contributed by atoms with Crippen molar-refractivity contribution in [3.05, 3.63) is 0 Å². The normalized spacial score (nSPS) is 54.8. The lowest BCUT2D eigenvalue weighted by Crippen LogP contribution is -2.55. The fourth-order valence-corrected chi connectivity index (χ4v) is 5.83. The second-order valence-corrected chi connectivity index (χ2v) is 8.11. The predicted molar refractivity (Wildman–Crippen MR) is 72.1 cm³/mol. The second kappa shape index (κ2) is 3.73. The van der Waals surface area contributed by atoms with Crippen molar-refractivity contribution >= 4 is 0 Å². The molecule has 18 heavy (non-hydrogen) atoms. The summed E-state index contributed by atoms with van der Waals surface area (Å²) in [6.45, 7) is 9.60. The van der Waals surface area contributed by atoms with E-state index in [4.69, 9.17) is 4.74 Å². The molecule has 1 heterocycles. The second-order valence-electron chi connectivity index (χ2n) is 8.11. The van der Waals surface area contributed by atoms with E-state index in [0.29, 0.717) is 16.7 Å². The molecule has 0 aromatic carbocycles. The molecule has 0 spiro atoms. The zero-order valence-electron chi connectivity index (χ0n) is 12.3. The Kier molecular flexibility index (Phi) is 2.68. The van der Waals surface area contributed by atoms with E-state index in [1.807, 2.05) is 0 Å². The highest BCUT2D eigenvalue weighted by Crippen LogP contribution is 2.65. The summed E-state index contributed by atoms with van der Waals surface area (Å²) in [6, 6.07) is 0. The Bertz CT molecular complexity index is 351. The van der Waals surface area contributed by atoms with Gasteiger partial charge in [0.1, 0.15) is 0 Å². The lowest BCUT2D eigenvalue weighted by Gasteiger charge is -2.60. The summed E-state index contributed by atoms with van der Waals surface area (Å²) in [7, 11) is 0. The fraction of sp³-hybridized carbons (Fsp3) is 1.00. The Balaban J connectivity index is 1.98. The molecule has 1 aliphatic heterocycles. The molecule has 0 aromatic heterocycles. The minimum atomic E-state index is -0.527. The van der Waals surface area contributed by atoms with E-state index in [0.717, 1.165) is 18.8 Å². The maximum Gasteiger partial charge on any atom is 0.155 e. The third kappa shape index (κ3) is 1.61. The number of rotatable bonds is 0. The first-order valence-electron chi connectivity index (χ1n) is 7.64. The largest absolute Gasteiger partial charge is 0.368 e. The van der Waals surface area contributed by atoms with Crippen LogP contribution in [0.5, 0.6) is 0 Å². The molecule has 0 aromatic rings. The molecule has 2 saturated carbocycles. The Hall–Kier alpha value is -0.0800. The first kappa shape index (κ1) is 12.9. The first-order valence-corrected chi connectivity index (χ1v) is 7.64. The molecule has 3 fully saturated rings. The molecule has 0 bridgehead atoms. The van der Waals surface area contributed by atoms with Gasteiger partial charge in [0.25, 0.3) is 0 Å². The topological polar surface area (TPSA) is 29.5 Å². The van der Waals surface area contributed by atoms with Gasteiger partial charge >= 0.3 is 0 Å². The third-order valence-electron chi connectivity index (χ3n) is 6.58. The summed E-state index contributed by atoms with van der Waals surface area (Å²) in [6.07, 6.45) is 6.72. The Morgan fingerprint density at radius 1 is 1.00 bits per heavy atom. The number of aliphatic hydroxyl groups excluding tert-OH is 1. The molecule has 3 rings (SSSR count). The maximum absolute atomic E-state index is 9.94. The highest BCUT2D eigenvalue weighted by Gasteiger charge is 2.61. The van der Waals surface area contributed by atoms with Crippen LogP contribution in [0.4, 0.5) is 0 Å². The smallest absolute Gasteiger partial charge is 0.155 e. The zero-order valence-corrected chi connectivity index (χ0v) is 12.3. The monoisotopic (exact) mass is 252 g/mol. The fourth-order valence-electron chi connectivity index (χ4n) is 5.83. The minimum absolute atomic E-state index is 0.0713. The highest BCUT2D eigenvalue weighted by molar-refractivity contribution is 5.10. The van der Waals surface area contributed by atoms with Crippen molar-refractivity contribution in [1.29, 1.82) is 0 Å². The van der Waals surface area contributed by atoms with Crippen LogP contribution in [0.15, 0.2) is 0 Å². The van der Waals surface area contributed by atoms with E-state index < -0.39 is 6.29 Å². The van der Waals surface area contributed by atoms with Crippen molar-refractivity contribution in [3.63, 3.8) is 0 Å². The lowest BCUT2D eigenvalue weighted by atomic mass is 9.45. The summed E-state index contributed by atoms with van der Waals surface area (Å²) in [5.41, 5.74) is 0.756. The molecule has 1 N–H and O–H groups in total. The molecule has 0 amide bonds. The van der Waals surface area contributed by atoms with Crippen LogP contribution in [-0.2, 0) is 4.74 Å². The number of hydrogen-bond acceptors (Lipinski definition) is 2. The van der Waals surface area contributed by atoms with Crippen molar-refractivity contribution in [3.8, 4) is 0 Å². The van der Waals surface area contributed by atoms with Crippen LogP contribution in [0, 0.1) is 22.7 Å². The first-order chi connectivity index (χ1) is 8.28. The summed E-state index contributed by atoms with van der Waals surface area (Å²) < 4.78 is 5.89. The van der Waals surface area contributed by atoms with E-state index in [1.165, 1.54) is 25.7 Å². The van der Waals surface area contributed by atoms with E-state index >= 15 is 0 Å². The van der Waals surface area contributed by atoms with Gasteiger partial charge in [0.2, 0.25) is 0 Å². The summed E-state index contributed by atoms with van der Waals surface area (Å²) in [5, 5.41) is 9.94. The average molecular weight is 252 g/mol. The molecular formula is C16H28O2. The molecular weight excluding hydrogens is 224 g/mol. The Morgan fingerprint density at radius 3 is 2.44 bits per heavy atom. The number of hydrogen-bond donors (Lipinski definition) is 1. The van der Waals surface area contributed by atoms with Gasteiger partial charge in [0.15, 0.2) is 6.29 Å². The van der Waals surface area contributed by atoms with Crippen LogP contribution in [-0.4, -0.2) is 17.0 Å². The van der Waals surface area contributed by atoms with Gasteiger partial charge in [0, 0.05) is 6.42 Å². The summed E-state index contributed by atoms with van der Waals surface area (Å²) >= 11 is 0. The SMILES string of the molecule is CC1(C)CCC[C@@]2(C)C1CCC1(C)OC(O)C[C@@H]12. The van der Waals surface area contributed by atoms with Gasteiger partial charge in [-0.1, -0.05) is 27.2 Å². The maximum atomic E-state index is 9.94. The van der Waals surface area contributed by atoms with E-state index in [9.17, 15) is 5.11 Å². The molecule has 3 aliphatic rings. The van der Waals surface area contributed by atoms with E-state index in [-0.39, 0.29) is 5.60 Å². The molecule has 5 atom stereocenters. The van der Waals surface area contributed by atoms with E-state index in [1.54, 1.807) is 0 Å². The molecule has 2 nitrogen and oxygen atoms in total. The molecule has 2 aliphatic carbocycles. The van der Waals surface area contributed by atoms with Crippen molar-refractivity contribution in [2.45, 2.75) is 78.1 Å². The molecule has 1 saturated heterocycles. The summed E-state index contributed by atoms with van der Waals surface area (Å²) in [4.78, 5) is 0. The predicted octanol–water partition coefficient (Wildman–Crippen LogP) is 3.73. The molecule has 3 unspecified atom stereocenters. The van der Waals surface area contributed by atoms with Crippen molar-refractivity contribution in [1.82, 2.24) is 0 Å². The van der Waals surface area contributed by atoms with Crippen LogP contribution in [0.25, 0.3) is 0 Å². The van der Waals surface area contributed by atoms with Crippen molar-refractivity contribution < 1.29 is 9.84 Å². The minimum Gasteiger partial charge on any atom is -0.368 e. The van der Waals surface area contributed by atoms with Crippen LogP contribution >= 0.6 is 0 Å². The molecule has 104 valence electrons. The lowest BCUT2D eigenvalue weighted by molar-refractivity contribution is -0.181. The highest BCUT2D eigenvalue weighted by atomic mass is 16.6. The van der Waals surface area contributed by atoms with Gasteiger partial charge in [-0.05, 0) is 55.3 Å². The van der Waals surface area contributed by atoms with Crippen LogP contribution in [0.3, 0.4) is 0 Å². The van der Waals surface area contributed by atoms with Crippen molar-refractivity contribution in [2.75, 3.05) is 0 Å². The van der Waals surface area contributed by atoms with Gasteiger partial charge in [-0.25, -0.2) is 0 Å². The molecule has 2 heteroatoms. The zero-order chi connectivity index (χ0) is 13.2. The van der Waals surface area contributed by atoms with Crippen LogP contribution < -0.4 is 0 Å². The third-order valence-corrected chi connectivity index (χ3v) is 6.58. The quantitative estimate of drug-likeness (QED) is 0.712. The van der Waals surface area contributed by atoms with Gasteiger partial charge in [0.05, 0.1) is 5.60 Å². The molecule has 0 radical (unpaired) electrons. The number of aliphatic hydroxyl groups is 1. The Morgan fingerprint density at radius 2 is 1.72 bits per heavy atom. The van der Waals surface area contributed by atoms with Gasteiger partial charge in [-0.2, -0.15) is 0 Å². The van der Waals surface area contributed by atoms with Crippen LogP contribution in [0.2, 0.25) is 0 Å². The standard InChI is InChI=1S/C16H28O2/c1-14(2)7-5-8-15(3)11(14)6-9-16(4)12(15)10-13(17)18-16/h11-13,17H,5-10H2,1-4H3/t11?,12-,13?,15+,16?/m1/s1. The number of ether oxygens (including phenoxy) is 1. The van der Waals surface area contributed by atoms with Crippen LogP contribution in [0.1, 0.15) is 66.2 Å².